The predicted molar refractivity (Wildman–Crippen MR) is 127 cm³/mol. The molecule has 0 amide bonds. The molecule has 1 aliphatic rings. The molecule has 0 radical (unpaired) electrons. The van der Waals surface area contributed by atoms with Crippen molar-refractivity contribution in [2.24, 2.45) is 0 Å². The molecule has 0 fully saturated rings. The molecule has 0 bridgehead atoms. The third-order valence-electron chi connectivity index (χ3n) is 6.00. The number of hydrogen-bond donors (Lipinski definition) is 2. The standard InChI is InChI=1S/C27H25N3/c1-3-30(4-2)20-15-13-19(14-16-20)27(23-17-28-25-11-7-5-9-21(23)25)24-18-29-26-12-8-6-10-22(24)26/h5-18,28H,3-4H2,1-2H3/p+1. The van der Waals surface area contributed by atoms with Crippen LogP contribution < -0.4 is 9.89 Å². The van der Waals surface area contributed by atoms with Crippen LogP contribution in [0.1, 0.15) is 30.5 Å². The zero-order valence-electron chi connectivity index (χ0n) is 17.4. The number of hydrogen-bond acceptors (Lipinski definition) is 1. The molecule has 0 unspecified atom stereocenters. The van der Waals surface area contributed by atoms with Crippen LogP contribution in [0, 0.1) is 0 Å². The van der Waals surface area contributed by atoms with Gasteiger partial charge in [0.2, 0.25) is 5.69 Å². The first kappa shape index (κ1) is 18.4. The Morgan fingerprint density at radius 3 is 2.40 bits per heavy atom. The topological polar surface area (TPSA) is 33.0 Å². The summed E-state index contributed by atoms with van der Waals surface area (Å²) in [5, 5.41) is 1.24. The lowest BCUT2D eigenvalue weighted by atomic mass is 9.90. The molecule has 0 aliphatic carbocycles. The number of para-hydroxylation sites is 2. The first-order chi connectivity index (χ1) is 14.8. The van der Waals surface area contributed by atoms with Gasteiger partial charge in [0, 0.05) is 53.1 Å². The molecule has 0 atom stereocenters. The molecule has 3 nitrogen and oxygen atoms in total. The van der Waals surface area contributed by atoms with Crippen LogP contribution in [-0.2, 0) is 0 Å². The maximum Gasteiger partial charge on any atom is 0.211 e. The molecule has 0 saturated carbocycles. The molecular formula is C27H26N3+. The number of anilines is 1. The number of benzene rings is 3. The second-order valence-electron chi connectivity index (χ2n) is 7.59. The predicted octanol–water partition coefficient (Wildman–Crippen LogP) is 4.77. The van der Waals surface area contributed by atoms with Crippen LogP contribution in [0.15, 0.2) is 79.0 Å². The first-order valence-electron chi connectivity index (χ1n) is 10.7. The highest BCUT2D eigenvalue weighted by Crippen LogP contribution is 2.38. The minimum Gasteiger partial charge on any atom is -0.372 e. The lowest BCUT2D eigenvalue weighted by Crippen LogP contribution is -2.58. The second-order valence-corrected chi connectivity index (χ2v) is 7.59. The number of fused-ring (bicyclic) bond motifs is 2. The van der Waals surface area contributed by atoms with Gasteiger partial charge in [0.15, 0.2) is 6.21 Å². The fourth-order valence-electron chi connectivity index (χ4n) is 4.44. The fraction of sp³-hybridized carbons (Fsp3) is 0.148. The summed E-state index contributed by atoms with van der Waals surface area (Å²) in [5.74, 6) is 0. The SMILES string of the molecule is CCN(CC)c1ccc(C(=C2C=[NH+]c3ccccc32)c2c[nH]c3ccccc23)cc1. The van der Waals surface area contributed by atoms with E-state index >= 15 is 0 Å². The van der Waals surface area contributed by atoms with Gasteiger partial charge in [-0.3, -0.25) is 0 Å². The van der Waals surface area contributed by atoms with E-state index < -0.39 is 0 Å². The maximum atomic E-state index is 3.46. The molecule has 30 heavy (non-hydrogen) atoms. The Labute approximate surface area is 177 Å². The van der Waals surface area contributed by atoms with E-state index in [4.69, 9.17) is 0 Å². The highest BCUT2D eigenvalue weighted by molar-refractivity contribution is 6.24. The molecule has 4 aromatic rings. The van der Waals surface area contributed by atoms with Gasteiger partial charge in [-0.2, -0.15) is 0 Å². The van der Waals surface area contributed by atoms with Crippen LogP contribution in [0.25, 0.3) is 22.0 Å². The van der Waals surface area contributed by atoms with E-state index in [9.17, 15) is 0 Å². The quantitative estimate of drug-likeness (QED) is 0.504. The van der Waals surface area contributed by atoms with E-state index in [0.717, 1.165) is 24.3 Å². The van der Waals surface area contributed by atoms with Crippen molar-refractivity contribution in [3.63, 3.8) is 0 Å². The summed E-state index contributed by atoms with van der Waals surface area (Å²) in [6.07, 6.45) is 4.28. The van der Waals surface area contributed by atoms with Crippen molar-refractivity contribution in [2.75, 3.05) is 18.0 Å². The summed E-state index contributed by atoms with van der Waals surface area (Å²) in [4.78, 5) is 9.29. The molecule has 148 valence electrons. The highest BCUT2D eigenvalue weighted by atomic mass is 15.1. The molecule has 3 heteroatoms. The van der Waals surface area contributed by atoms with Crippen molar-refractivity contribution in [2.45, 2.75) is 13.8 Å². The van der Waals surface area contributed by atoms with Crippen molar-refractivity contribution in [1.29, 1.82) is 0 Å². The average Bonchev–Trinajstić information content (AvgIpc) is 3.41. The molecular weight excluding hydrogens is 366 g/mol. The Morgan fingerprint density at radius 2 is 1.60 bits per heavy atom. The van der Waals surface area contributed by atoms with Crippen LogP contribution >= 0.6 is 0 Å². The van der Waals surface area contributed by atoms with Crippen LogP contribution in [0.3, 0.4) is 0 Å². The summed E-state index contributed by atoms with van der Waals surface area (Å²) in [6, 6.07) is 26.0. The van der Waals surface area contributed by atoms with Gasteiger partial charge in [-0.25, -0.2) is 4.99 Å². The lowest BCUT2D eigenvalue weighted by molar-refractivity contribution is -0.342. The Morgan fingerprint density at radius 1 is 0.867 bits per heavy atom. The van der Waals surface area contributed by atoms with Gasteiger partial charge in [0.25, 0.3) is 0 Å². The summed E-state index contributed by atoms with van der Waals surface area (Å²) >= 11 is 0. The van der Waals surface area contributed by atoms with Crippen molar-refractivity contribution in [3.05, 3.63) is 95.7 Å². The Kier molecular flexibility index (Phi) is 4.72. The molecule has 2 heterocycles. The number of aromatic amines is 1. The highest BCUT2D eigenvalue weighted by Gasteiger charge is 2.24. The Hall–Kier alpha value is -3.59. The van der Waals surface area contributed by atoms with E-state index in [2.05, 4.69) is 114 Å². The van der Waals surface area contributed by atoms with E-state index in [1.165, 1.54) is 38.9 Å². The van der Waals surface area contributed by atoms with Gasteiger partial charge in [0.05, 0.1) is 11.1 Å². The van der Waals surface area contributed by atoms with Crippen LogP contribution in [0.5, 0.6) is 0 Å². The van der Waals surface area contributed by atoms with Crippen molar-refractivity contribution in [1.82, 2.24) is 4.98 Å². The second kappa shape index (κ2) is 7.68. The number of nitrogens with one attached hydrogen (secondary N) is 2. The largest absolute Gasteiger partial charge is 0.372 e. The molecule has 1 aromatic heterocycles. The minimum atomic E-state index is 1.01. The summed E-state index contributed by atoms with van der Waals surface area (Å²) in [6.45, 7) is 6.42. The zero-order valence-corrected chi connectivity index (χ0v) is 17.4. The Bertz CT molecular complexity index is 1250. The summed E-state index contributed by atoms with van der Waals surface area (Å²) in [5.41, 5.74) is 9.74. The van der Waals surface area contributed by atoms with E-state index in [-0.39, 0.29) is 0 Å². The number of allylic oxidation sites excluding steroid dienone is 1. The summed E-state index contributed by atoms with van der Waals surface area (Å²) in [7, 11) is 0. The van der Waals surface area contributed by atoms with Gasteiger partial charge < -0.3 is 9.88 Å². The van der Waals surface area contributed by atoms with Crippen molar-refractivity contribution >= 4 is 39.6 Å². The minimum absolute atomic E-state index is 1.01. The van der Waals surface area contributed by atoms with E-state index in [0.29, 0.717) is 0 Å². The van der Waals surface area contributed by atoms with Crippen LogP contribution in [-0.4, -0.2) is 24.3 Å². The zero-order chi connectivity index (χ0) is 20.5. The van der Waals surface area contributed by atoms with Crippen LogP contribution in [0.4, 0.5) is 11.4 Å². The number of H-pyrrole nitrogens is 1. The van der Waals surface area contributed by atoms with Gasteiger partial charge in [-0.05, 0) is 43.7 Å². The van der Waals surface area contributed by atoms with Crippen molar-refractivity contribution < 1.29 is 4.99 Å². The smallest absolute Gasteiger partial charge is 0.211 e. The molecule has 2 N–H and O–H groups in total. The lowest BCUT2D eigenvalue weighted by Gasteiger charge is -2.21. The molecule has 5 rings (SSSR count). The fourth-order valence-corrected chi connectivity index (χ4v) is 4.44. The van der Waals surface area contributed by atoms with Crippen molar-refractivity contribution in [3.8, 4) is 0 Å². The maximum absolute atomic E-state index is 3.46. The number of aromatic nitrogens is 1. The Balaban J connectivity index is 1.73. The van der Waals surface area contributed by atoms with Gasteiger partial charge in [-0.15, -0.1) is 0 Å². The first-order valence-corrected chi connectivity index (χ1v) is 10.7. The molecule has 0 spiro atoms. The summed E-state index contributed by atoms with van der Waals surface area (Å²) < 4.78 is 0. The number of nitrogens with zero attached hydrogens (tertiary/aromatic N) is 1. The third kappa shape index (κ3) is 3.03. The third-order valence-corrected chi connectivity index (χ3v) is 6.00. The monoisotopic (exact) mass is 392 g/mol. The molecule has 1 aliphatic heterocycles. The average molecular weight is 393 g/mol. The van der Waals surface area contributed by atoms with Gasteiger partial charge in [-0.1, -0.05) is 42.5 Å². The normalized spacial score (nSPS) is 14.2. The number of rotatable bonds is 5. The van der Waals surface area contributed by atoms with E-state index in [1.54, 1.807) is 0 Å². The van der Waals surface area contributed by atoms with Crippen LogP contribution in [0.2, 0.25) is 0 Å². The van der Waals surface area contributed by atoms with E-state index in [1.807, 2.05) is 0 Å². The molecule has 0 saturated heterocycles. The molecule has 3 aromatic carbocycles. The van der Waals surface area contributed by atoms with Gasteiger partial charge >= 0.3 is 0 Å². The van der Waals surface area contributed by atoms with Gasteiger partial charge in [0.1, 0.15) is 0 Å².